The van der Waals surface area contributed by atoms with Gasteiger partial charge in [-0.15, -0.1) is 0 Å². The molecule has 0 heterocycles. The third-order valence-electron chi connectivity index (χ3n) is 1.29. The molecule has 0 fully saturated rings. The van der Waals surface area contributed by atoms with Gasteiger partial charge in [-0.05, 0) is 13.8 Å². The summed E-state index contributed by atoms with van der Waals surface area (Å²) in [4.78, 5) is 0. The Kier molecular flexibility index (Phi) is 4.60. The highest BCUT2D eigenvalue weighted by molar-refractivity contribution is 4.74. The Labute approximate surface area is 66.9 Å². The van der Waals surface area contributed by atoms with Crippen LogP contribution in [-0.2, 0) is 0 Å². The van der Waals surface area contributed by atoms with Crippen molar-refractivity contribution in [1.82, 2.24) is 5.32 Å². The molecule has 1 unspecified atom stereocenters. The summed E-state index contributed by atoms with van der Waals surface area (Å²) in [7, 11) is 0. The molecule has 0 aliphatic carbocycles. The van der Waals surface area contributed by atoms with Gasteiger partial charge in [0.1, 0.15) is 0 Å². The standard InChI is InChI=1S/C7H17NO3/c1-6(10)3-8-4-7(2,11)5-9/h6,8-11H,3-5H2,1-2H3/t6-,7?/m0/s1. The van der Waals surface area contributed by atoms with E-state index in [1.807, 2.05) is 0 Å². The van der Waals surface area contributed by atoms with Gasteiger partial charge in [0.05, 0.1) is 18.3 Å². The van der Waals surface area contributed by atoms with Crippen LogP contribution in [0.5, 0.6) is 0 Å². The van der Waals surface area contributed by atoms with Crippen molar-refractivity contribution >= 4 is 0 Å². The van der Waals surface area contributed by atoms with Crippen molar-refractivity contribution in [2.24, 2.45) is 0 Å². The number of hydrogen-bond acceptors (Lipinski definition) is 4. The average molecular weight is 163 g/mol. The Morgan fingerprint density at radius 2 is 2.09 bits per heavy atom. The van der Waals surface area contributed by atoms with Gasteiger partial charge in [0, 0.05) is 13.1 Å². The largest absolute Gasteiger partial charge is 0.393 e. The molecule has 0 bridgehead atoms. The van der Waals surface area contributed by atoms with Crippen LogP contribution in [0.25, 0.3) is 0 Å². The predicted molar refractivity (Wildman–Crippen MR) is 42.3 cm³/mol. The molecule has 0 aromatic heterocycles. The third-order valence-corrected chi connectivity index (χ3v) is 1.29. The Hall–Kier alpha value is -0.160. The summed E-state index contributed by atoms with van der Waals surface area (Å²) in [6.07, 6.45) is -0.426. The van der Waals surface area contributed by atoms with Gasteiger partial charge in [0.15, 0.2) is 0 Å². The average Bonchev–Trinajstić information content (AvgIpc) is 1.87. The number of aliphatic hydroxyl groups is 3. The van der Waals surface area contributed by atoms with Crippen LogP contribution in [0.2, 0.25) is 0 Å². The van der Waals surface area contributed by atoms with Crippen molar-refractivity contribution in [3.05, 3.63) is 0 Å². The van der Waals surface area contributed by atoms with Gasteiger partial charge in [-0.3, -0.25) is 0 Å². The molecular weight excluding hydrogens is 146 g/mol. The molecule has 4 N–H and O–H groups in total. The van der Waals surface area contributed by atoms with Gasteiger partial charge >= 0.3 is 0 Å². The van der Waals surface area contributed by atoms with E-state index in [4.69, 9.17) is 10.2 Å². The number of aliphatic hydroxyl groups excluding tert-OH is 2. The van der Waals surface area contributed by atoms with E-state index in [1.165, 1.54) is 6.92 Å². The first-order chi connectivity index (χ1) is 4.98. The molecule has 4 heteroatoms. The Bertz CT molecular complexity index is 104. The van der Waals surface area contributed by atoms with E-state index in [-0.39, 0.29) is 13.2 Å². The molecule has 0 saturated heterocycles. The maximum atomic E-state index is 9.24. The van der Waals surface area contributed by atoms with Crippen LogP contribution >= 0.6 is 0 Å². The minimum absolute atomic E-state index is 0.278. The minimum Gasteiger partial charge on any atom is -0.393 e. The van der Waals surface area contributed by atoms with Crippen molar-refractivity contribution in [3.8, 4) is 0 Å². The number of hydrogen-bond donors (Lipinski definition) is 4. The molecule has 0 aliphatic rings. The molecule has 0 aromatic rings. The first kappa shape index (κ1) is 10.8. The summed E-state index contributed by atoms with van der Waals surface area (Å²) < 4.78 is 0. The zero-order valence-electron chi connectivity index (χ0n) is 7.04. The summed E-state index contributed by atoms with van der Waals surface area (Å²) >= 11 is 0. The molecule has 11 heavy (non-hydrogen) atoms. The number of nitrogens with one attached hydrogen (secondary N) is 1. The first-order valence-corrected chi connectivity index (χ1v) is 3.70. The van der Waals surface area contributed by atoms with Gasteiger partial charge in [-0.25, -0.2) is 0 Å². The van der Waals surface area contributed by atoms with E-state index in [2.05, 4.69) is 5.32 Å². The van der Waals surface area contributed by atoms with Crippen molar-refractivity contribution in [1.29, 1.82) is 0 Å². The van der Waals surface area contributed by atoms with E-state index >= 15 is 0 Å². The Balaban J connectivity index is 3.38. The van der Waals surface area contributed by atoms with Crippen molar-refractivity contribution in [2.75, 3.05) is 19.7 Å². The lowest BCUT2D eigenvalue weighted by molar-refractivity contribution is 0.00112. The van der Waals surface area contributed by atoms with Crippen LogP contribution in [-0.4, -0.2) is 46.7 Å². The third kappa shape index (κ3) is 6.25. The quantitative estimate of drug-likeness (QED) is 0.406. The molecule has 4 nitrogen and oxygen atoms in total. The molecular formula is C7H17NO3. The van der Waals surface area contributed by atoms with Crippen LogP contribution < -0.4 is 5.32 Å². The van der Waals surface area contributed by atoms with Crippen LogP contribution in [0.4, 0.5) is 0 Å². The first-order valence-electron chi connectivity index (χ1n) is 3.70. The van der Waals surface area contributed by atoms with Crippen molar-refractivity contribution < 1.29 is 15.3 Å². The monoisotopic (exact) mass is 163 g/mol. The zero-order valence-corrected chi connectivity index (χ0v) is 7.04. The lowest BCUT2D eigenvalue weighted by Gasteiger charge is -2.21. The van der Waals surface area contributed by atoms with E-state index in [9.17, 15) is 5.11 Å². The fourth-order valence-electron chi connectivity index (χ4n) is 0.606. The van der Waals surface area contributed by atoms with Crippen LogP contribution in [0.1, 0.15) is 13.8 Å². The van der Waals surface area contributed by atoms with Gasteiger partial charge < -0.3 is 20.6 Å². The van der Waals surface area contributed by atoms with E-state index in [0.29, 0.717) is 6.54 Å². The molecule has 0 rings (SSSR count). The fourth-order valence-corrected chi connectivity index (χ4v) is 0.606. The van der Waals surface area contributed by atoms with Crippen LogP contribution in [0.15, 0.2) is 0 Å². The minimum atomic E-state index is -1.09. The second-order valence-electron chi connectivity index (χ2n) is 3.13. The summed E-state index contributed by atoms with van der Waals surface area (Å²) in [5.41, 5.74) is -1.09. The maximum Gasteiger partial charge on any atom is 0.0972 e. The Morgan fingerprint density at radius 1 is 1.55 bits per heavy atom. The van der Waals surface area contributed by atoms with E-state index in [1.54, 1.807) is 6.92 Å². The lowest BCUT2D eigenvalue weighted by Crippen LogP contribution is -2.42. The van der Waals surface area contributed by atoms with Gasteiger partial charge in [0.25, 0.3) is 0 Å². The molecule has 0 radical (unpaired) electrons. The highest BCUT2D eigenvalue weighted by Crippen LogP contribution is 1.97. The highest BCUT2D eigenvalue weighted by Gasteiger charge is 2.17. The van der Waals surface area contributed by atoms with Gasteiger partial charge in [-0.2, -0.15) is 0 Å². The fraction of sp³-hybridized carbons (Fsp3) is 1.00. The number of rotatable bonds is 5. The topological polar surface area (TPSA) is 72.7 Å². The SMILES string of the molecule is C[C@H](O)CNCC(C)(O)CO. The second kappa shape index (κ2) is 4.66. The lowest BCUT2D eigenvalue weighted by atomic mass is 10.1. The van der Waals surface area contributed by atoms with Crippen LogP contribution in [0.3, 0.4) is 0 Å². The van der Waals surface area contributed by atoms with Gasteiger partial charge in [0.2, 0.25) is 0 Å². The highest BCUT2D eigenvalue weighted by atomic mass is 16.3. The Morgan fingerprint density at radius 3 is 2.45 bits per heavy atom. The van der Waals surface area contributed by atoms with Crippen molar-refractivity contribution in [2.45, 2.75) is 25.6 Å². The van der Waals surface area contributed by atoms with Crippen molar-refractivity contribution in [3.63, 3.8) is 0 Å². The molecule has 0 aromatic carbocycles. The molecule has 0 aliphatic heterocycles. The molecule has 0 spiro atoms. The summed E-state index contributed by atoms with van der Waals surface area (Å²) in [5, 5.41) is 29.5. The zero-order chi connectivity index (χ0) is 8.91. The second-order valence-corrected chi connectivity index (χ2v) is 3.13. The van der Waals surface area contributed by atoms with Gasteiger partial charge in [-0.1, -0.05) is 0 Å². The normalized spacial score (nSPS) is 19.4. The smallest absolute Gasteiger partial charge is 0.0972 e. The summed E-state index contributed by atoms with van der Waals surface area (Å²) in [5.74, 6) is 0. The maximum absolute atomic E-state index is 9.24. The molecule has 2 atom stereocenters. The van der Waals surface area contributed by atoms with E-state index in [0.717, 1.165) is 0 Å². The van der Waals surface area contributed by atoms with Crippen LogP contribution in [0, 0.1) is 0 Å². The summed E-state index contributed by atoms with van der Waals surface area (Å²) in [6, 6.07) is 0. The predicted octanol–water partition coefficient (Wildman–Crippen LogP) is -1.30. The van der Waals surface area contributed by atoms with E-state index < -0.39 is 11.7 Å². The molecule has 68 valence electrons. The molecule has 0 amide bonds. The molecule has 0 saturated carbocycles. The summed E-state index contributed by atoms with van der Waals surface area (Å²) in [6.45, 7) is 3.62.